The normalized spacial score (nSPS) is 10.6. The van der Waals surface area contributed by atoms with Crippen LogP contribution in [0.1, 0.15) is 5.56 Å². The standard InChI is InChI=1S/C13H9BrF2O/c14-10-5-6-11(15)12(13(10)16)9-3-1-8(7-17)2-4-9/h1-6,17H,7H2. The maximum atomic E-state index is 13.8. The molecule has 0 aliphatic carbocycles. The Morgan fingerprint density at radius 3 is 2.24 bits per heavy atom. The average molecular weight is 299 g/mol. The molecule has 0 saturated carbocycles. The number of hydrogen-bond donors (Lipinski definition) is 1. The lowest BCUT2D eigenvalue weighted by Crippen LogP contribution is -1.92. The number of aliphatic hydroxyl groups excluding tert-OH is 1. The minimum absolute atomic E-state index is 0.0659. The molecule has 0 bridgehead atoms. The molecule has 0 atom stereocenters. The Labute approximate surface area is 106 Å². The lowest BCUT2D eigenvalue weighted by Gasteiger charge is -2.07. The van der Waals surface area contributed by atoms with E-state index in [1.807, 2.05) is 0 Å². The second kappa shape index (κ2) is 4.94. The summed E-state index contributed by atoms with van der Waals surface area (Å²) >= 11 is 3.02. The van der Waals surface area contributed by atoms with Crippen molar-refractivity contribution in [1.82, 2.24) is 0 Å². The van der Waals surface area contributed by atoms with Crippen LogP contribution in [-0.4, -0.2) is 5.11 Å². The predicted octanol–water partition coefficient (Wildman–Crippen LogP) is 3.89. The molecule has 0 radical (unpaired) electrons. The van der Waals surface area contributed by atoms with Gasteiger partial charge in [-0.05, 0) is 39.2 Å². The van der Waals surface area contributed by atoms with Crippen molar-refractivity contribution in [3.8, 4) is 11.1 Å². The van der Waals surface area contributed by atoms with Gasteiger partial charge in [-0.25, -0.2) is 8.78 Å². The summed E-state index contributed by atoms with van der Waals surface area (Å²) in [6, 6.07) is 8.97. The molecule has 2 aromatic rings. The van der Waals surface area contributed by atoms with Crippen LogP contribution in [0.25, 0.3) is 11.1 Å². The first-order valence-electron chi connectivity index (χ1n) is 4.97. The summed E-state index contributed by atoms with van der Waals surface area (Å²) in [7, 11) is 0. The van der Waals surface area contributed by atoms with Crippen molar-refractivity contribution in [2.24, 2.45) is 0 Å². The van der Waals surface area contributed by atoms with Gasteiger partial charge in [0.15, 0.2) is 0 Å². The van der Waals surface area contributed by atoms with Gasteiger partial charge in [0.05, 0.1) is 16.6 Å². The fourth-order valence-corrected chi connectivity index (χ4v) is 1.90. The molecule has 0 amide bonds. The summed E-state index contributed by atoms with van der Waals surface area (Å²) in [6.07, 6.45) is 0. The van der Waals surface area contributed by atoms with Crippen LogP contribution in [-0.2, 0) is 6.61 Å². The van der Waals surface area contributed by atoms with E-state index in [9.17, 15) is 8.78 Å². The number of halogens is 3. The Balaban J connectivity index is 2.55. The fourth-order valence-electron chi connectivity index (χ4n) is 1.57. The van der Waals surface area contributed by atoms with Crippen molar-refractivity contribution in [1.29, 1.82) is 0 Å². The fraction of sp³-hybridized carbons (Fsp3) is 0.0769. The van der Waals surface area contributed by atoms with E-state index in [1.165, 1.54) is 12.1 Å². The Morgan fingerprint density at radius 2 is 1.65 bits per heavy atom. The highest BCUT2D eigenvalue weighted by atomic mass is 79.9. The maximum absolute atomic E-state index is 13.8. The molecule has 17 heavy (non-hydrogen) atoms. The second-order valence-electron chi connectivity index (χ2n) is 3.57. The maximum Gasteiger partial charge on any atom is 0.148 e. The minimum Gasteiger partial charge on any atom is -0.392 e. The minimum atomic E-state index is -0.623. The van der Waals surface area contributed by atoms with Gasteiger partial charge in [0.25, 0.3) is 0 Å². The number of hydrogen-bond acceptors (Lipinski definition) is 1. The van der Waals surface area contributed by atoms with Crippen LogP contribution >= 0.6 is 15.9 Å². The molecular formula is C13H9BrF2O. The summed E-state index contributed by atoms with van der Waals surface area (Å²) in [5, 5.41) is 8.90. The van der Waals surface area contributed by atoms with Gasteiger partial charge in [-0.1, -0.05) is 24.3 Å². The van der Waals surface area contributed by atoms with Crippen LogP contribution in [0, 0.1) is 11.6 Å². The smallest absolute Gasteiger partial charge is 0.148 e. The third-order valence-corrected chi connectivity index (χ3v) is 3.08. The highest BCUT2D eigenvalue weighted by molar-refractivity contribution is 9.10. The largest absolute Gasteiger partial charge is 0.392 e. The first-order chi connectivity index (χ1) is 8.13. The van der Waals surface area contributed by atoms with E-state index in [2.05, 4.69) is 15.9 Å². The van der Waals surface area contributed by atoms with Gasteiger partial charge < -0.3 is 5.11 Å². The molecule has 0 heterocycles. The number of benzene rings is 2. The van der Waals surface area contributed by atoms with E-state index in [0.717, 1.165) is 0 Å². The van der Waals surface area contributed by atoms with Gasteiger partial charge in [0, 0.05) is 0 Å². The molecule has 1 nitrogen and oxygen atoms in total. The molecule has 0 saturated heterocycles. The highest BCUT2D eigenvalue weighted by Crippen LogP contribution is 2.30. The lowest BCUT2D eigenvalue weighted by molar-refractivity contribution is 0.282. The van der Waals surface area contributed by atoms with Crippen molar-refractivity contribution in [3.63, 3.8) is 0 Å². The highest BCUT2D eigenvalue weighted by Gasteiger charge is 2.13. The van der Waals surface area contributed by atoms with Gasteiger partial charge in [-0.3, -0.25) is 0 Å². The summed E-state index contributed by atoms with van der Waals surface area (Å²) in [5.74, 6) is -1.23. The Bertz CT molecular complexity index is 538. The van der Waals surface area contributed by atoms with E-state index < -0.39 is 11.6 Å². The van der Waals surface area contributed by atoms with Crippen LogP contribution in [0.3, 0.4) is 0 Å². The molecule has 0 spiro atoms. The molecule has 0 unspecified atom stereocenters. The molecular weight excluding hydrogens is 290 g/mol. The zero-order valence-electron chi connectivity index (χ0n) is 8.75. The first-order valence-corrected chi connectivity index (χ1v) is 5.76. The number of aliphatic hydroxyl groups is 1. The van der Waals surface area contributed by atoms with Gasteiger partial charge in [0.2, 0.25) is 0 Å². The monoisotopic (exact) mass is 298 g/mol. The van der Waals surface area contributed by atoms with Gasteiger partial charge >= 0.3 is 0 Å². The van der Waals surface area contributed by atoms with Crippen LogP contribution < -0.4 is 0 Å². The predicted molar refractivity (Wildman–Crippen MR) is 65.4 cm³/mol. The van der Waals surface area contributed by atoms with Crippen molar-refractivity contribution in [2.75, 3.05) is 0 Å². The van der Waals surface area contributed by atoms with Gasteiger partial charge in [-0.15, -0.1) is 0 Å². The summed E-state index contributed by atoms with van der Waals surface area (Å²) in [5.41, 5.74) is 1.08. The molecule has 2 rings (SSSR count). The van der Waals surface area contributed by atoms with Crippen LogP contribution in [0.4, 0.5) is 8.78 Å². The van der Waals surface area contributed by atoms with Gasteiger partial charge in [-0.2, -0.15) is 0 Å². The van der Waals surface area contributed by atoms with E-state index in [-0.39, 0.29) is 16.6 Å². The van der Waals surface area contributed by atoms with Crippen molar-refractivity contribution < 1.29 is 13.9 Å². The quantitative estimate of drug-likeness (QED) is 0.834. The van der Waals surface area contributed by atoms with E-state index >= 15 is 0 Å². The Kier molecular flexibility index (Phi) is 3.54. The molecule has 1 N–H and O–H groups in total. The molecule has 88 valence electrons. The lowest BCUT2D eigenvalue weighted by atomic mass is 10.0. The average Bonchev–Trinajstić information content (AvgIpc) is 2.35. The SMILES string of the molecule is OCc1ccc(-c2c(F)ccc(Br)c2F)cc1. The second-order valence-corrected chi connectivity index (χ2v) is 4.43. The zero-order chi connectivity index (χ0) is 12.4. The third kappa shape index (κ3) is 2.37. The third-order valence-electron chi connectivity index (χ3n) is 2.47. The van der Waals surface area contributed by atoms with Crippen molar-refractivity contribution in [3.05, 3.63) is 58.1 Å². The van der Waals surface area contributed by atoms with E-state index in [1.54, 1.807) is 24.3 Å². The zero-order valence-corrected chi connectivity index (χ0v) is 10.3. The molecule has 4 heteroatoms. The van der Waals surface area contributed by atoms with Crippen LogP contribution in [0.15, 0.2) is 40.9 Å². The Hall–Kier alpha value is -1.26. The van der Waals surface area contributed by atoms with E-state index in [0.29, 0.717) is 11.1 Å². The summed E-state index contributed by atoms with van der Waals surface area (Å²) in [4.78, 5) is 0. The molecule has 0 aromatic heterocycles. The molecule has 0 aliphatic heterocycles. The van der Waals surface area contributed by atoms with Gasteiger partial charge in [0.1, 0.15) is 11.6 Å². The van der Waals surface area contributed by atoms with Crippen LogP contribution in [0.5, 0.6) is 0 Å². The number of rotatable bonds is 2. The molecule has 0 fully saturated rings. The van der Waals surface area contributed by atoms with Crippen LogP contribution in [0.2, 0.25) is 0 Å². The molecule has 2 aromatic carbocycles. The molecule has 0 aliphatic rings. The van der Waals surface area contributed by atoms with E-state index in [4.69, 9.17) is 5.11 Å². The van der Waals surface area contributed by atoms with Crippen molar-refractivity contribution in [2.45, 2.75) is 6.61 Å². The summed E-state index contributed by atoms with van der Waals surface area (Å²) in [6.45, 7) is -0.0935. The first kappa shape index (κ1) is 12.2. The topological polar surface area (TPSA) is 20.2 Å². The summed E-state index contributed by atoms with van der Waals surface area (Å²) < 4.78 is 27.6. The Morgan fingerprint density at radius 1 is 1.00 bits per heavy atom. The van der Waals surface area contributed by atoms with Crippen molar-refractivity contribution >= 4 is 15.9 Å².